The number of carbonyl (C=O) groups is 2. The van der Waals surface area contributed by atoms with Crippen LogP contribution in [0.1, 0.15) is 52.5 Å². The van der Waals surface area contributed by atoms with Crippen LogP contribution in [0.2, 0.25) is 0 Å². The van der Waals surface area contributed by atoms with E-state index in [-0.39, 0.29) is 5.91 Å². The smallest absolute Gasteiger partial charge is 0.475 e. The highest BCUT2D eigenvalue weighted by Crippen LogP contribution is 2.37. The Morgan fingerprint density at radius 2 is 2.05 bits per heavy atom. The molecule has 1 atom stereocenters. The number of fused-ring (bicyclic) bond motifs is 1. The van der Waals surface area contributed by atoms with E-state index in [9.17, 15) is 18.0 Å². The summed E-state index contributed by atoms with van der Waals surface area (Å²) in [5, 5.41) is 7.61. The van der Waals surface area contributed by atoms with Gasteiger partial charge in [0.15, 0.2) is 5.01 Å². The number of aromatic nitrogens is 1. The molecule has 5 nitrogen and oxygen atoms in total. The number of primary amides is 1. The van der Waals surface area contributed by atoms with Gasteiger partial charge in [-0.2, -0.15) is 13.2 Å². The average Bonchev–Trinajstić information content (AvgIpc) is 2.82. The van der Waals surface area contributed by atoms with Crippen LogP contribution in [0.15, 0.2) is 0 Å². The van der Waals surface area contributed by atoms with Crippen LogP contribution in [0, 0.1) is 0 Å². The van der Waals surface area contributed by atoms with Crippen molar-refractivity contribution in [2.75, 3.05) is 0 Å². The van der Waals surface area contributed by atoms with E-state index in [0.717, 1.165) is 18.5 Å². The van der Waals surface area contributed by atoms with Crippen LogP contribution in [-0.2, 0) is 11.2 Å². The van der Waals surface area contributed by atoms with E-state index in [4.69, 9.17) is 15.6 Å². The van der Waals surface area contributed by atoms with Crippen LogP contribution in [-0.4, -0.2) is 28.1 Å². The van der Waals surface area contributed by atoms with Crippen LogP contribution < -0.4 is 5.73 Å². The molecule has 0 radical (unpaired) electrons. The molecule has 0 saturated carbocycles. The van der Waals surface area contributed by atoms with E-state index in [1.54, 1.807) is 0 Å². The SMILES string of the molecule is CCC1CCCc2nc(C(N)=O)sc21.O=C(O)C(F)(F)F. The molecule has 9 heteroatoms. The van der Waals surface area contributed by atoms with E-state index in [1.807, 2.05) is 0 Å². The number of thiazole rings is 1. The minimum atomic E-state index is -5.08. The van der Waals surface area contributed by atoms with Crippen molar-refractivity contribution in [1.82, 2.24) is 4.98 Å². The number of hydrogen-bond donors (Lipinski definition) is 2. The molecule has 1 aromatic heterocycles. The van der Waals surface area contributed by atoms with Crippen molar-refractivity contribution in [3.63, 3.8) is 0 Å². The summed E-state index contributed by atoms with van der Waals surface area (Å²) in [6, 6.07) is 0. The number of halogens is 3. The Morgan fingerprint density at radius 3 is 2.48 bits per heavy atom. The number of alkyl halides is 3. The first-order valence-electron chi connectivity index (χ1n) is 6.26. The van der Waals surface area contributed by atoms with E-state index in [1.165, 1.54) is 29.1 Å². The topological polar surface area (TPSA) is 93.3 Å². The number of rotatable bonds is 2. The van der Waals surface area contributed by atoms with Gasteiger partial charge >= 0.3 is 12.1 Å². The van der Waals surface area contributed by atoms with Gasteiger partial charge in [-0.15, -0.1) is 11.3 Å². The summed E-state index contributed by atoms with van der Waals surface area (Å²) in [5.74, 6) is -2.55. The number of aliphatic carboxylic acids is 1. The maximum absolute atomic E-state index is 11.0. The summed E-state index contributed by atoms with van der Waals surface area (Å²) in [5.41, 5.74) is 6.33. The molecule has 1 aliphatic rings. The predicted octanol–water partition coefficient (Wildman–Crippen LogP) is 2.71. The maximum atomic E-state index is 11.0. The fourth-order valence-corrected chi connectivity index (χ4v) is 3.18. The molecule has 0 aliphatic heterocycles. The Bertz CT molecular complexity index is 528. The number of nitrogens with zero attached hydrogens (tertiary/aromatic N) is 1. The molecule has 118 valence electrons. The van der Waals surface area contributed by atoms with Crippen molar-refractivity contribution in [2.45, 2.75) is 44.7 Å². The minimum Gasteiger partial charge on any atom is -0.475 e. The second-order valence-corrected chi connectivity index (χ2v) is 5.53. The predicted molar refractivity (Wildman–Crippen MR) is 70.3 cm³/mol. The van der Waals surface area contributed by atoms with E-state index >= 15 is 0 Å². The largest absolute Gasteiger partial charge is 0.490 e. The molecule has 21 heavy (non-hydrogen) atoms. The lowest BCUT2D eigenvalue weighted by Gasteiger charge is -2.18. The second-order valence-electron chi connectivity index (χ2n) is 4.49. The molecule has 1 aliphatic carbocycles. The molecule has 3 N–H and O–H groups in total. The lowest BCUT2D eigenvalue weighted by Crippen LogP contribution is -2.21. The highest BCUT2D eigenvalue weighted by atomic mass is 32.1. The summed E-state index contributed by atoms with van der Waals surface area (Å²) in [6.07, 6.45) is -0.527. The van der Waals surface area contributed by atoms with Gasteiger partial charge in [-0.1, -0.05) is 6.92 Å². The molecular weight excluding hydrogens is 309 g/mol. The van der Waals surface area contributed by atoms with Crippen LogP contribution in [0.5, 0.6) is 0 Å². The first kappa shape index (κ1) is 17.4. The fraction of sp³-hybridized carbons (Fsp3) is 0.583. The Labute approximate surface area is 123 Å². The first-order valence-corrected chi connectivity index (χ1v) is 7.08. The number of carboxylic acid groups (broad SMARTS) is 1. The molecule has 1 amide bonds. The van der Waals surface area contributed by atoms with Gasteiger partial charge in [0, 0.05) is 4.88 Å². The number of amides is 1. The van der Waals surface area contributed by atoms with E-state index in [2.05, 4.69) is 11.9 Å². The van der Waals surface area contributed by atoms with Crippen molar-refractivity contribution >= 4 is 23.2 Å². The van der Waals surface area contributed by atoms with Crippen molar-refractivity contribution in [2.24, 2.45) is 5.73 Å². The van der Waals surface area contributed by atoms with Gasteiger partial charge in [0.05, 0.1) is 5.69 Å². The summed E-state index contributed by atoms with van der Waals surface area (Å²) in [6.45, 7) is 2.18. The fourth-order valence-electron chi connectivity index (χ4n) is 2.00. The molecule has 2 rings (SSSR count). The third-order valence-corrected chi connectivity index (χ3v) is 4.29. The molecule has 0 fully saturated rings. The van der Waals surface area contributed by atoms with Gasteiger partial charge in [-0.05, 0) is 31.6 Å². The van der Waals surface area contributed by atoms with Crippen molar-refractivity contribution < 1.29 is 27.9 Å². The third-order valence-electron chi connectivity index (χ3n) is 3.01. The van der Waals surface area contributed by atoms with Crippen LogP contribution >= 0.6 is 11.3 Å². The van der Waals surface area contributed by atoms with Gasteiger partial charge in [-0.3, -0.25) is 4.79 Å². The molecule has 0 saturated heterocycles. The van der Waals surface area contributed by atoms with Gasteiger partial charge in [0.2, 0.25) is 0 Å². The average molecular weight is 324 g/mol. The number of hydrogen-bond acceptors (Lipinski definition) is 4. The zero-order chi connectivity index (χ0) is 16.2. The highest BCUT2D eigenvalue weighted by Gasteiger charge is 2.38. The summed E-state index contributed by atoms with van der Waals surface area (Å²) in [7, 11) is 0. The second kappa shape index (κ2) is 6.88. The van der Waals surface area contributed by atoms with Crippen molar-refractivity contribution in [1.29, 1.82) is 0 Å². The van der Waals surface area contributed by atoms with Crippen molar-refractivity contribution in [3.8, 4) is 0 Å². The van der Waals surface area contributed by atoms with Crippen molar-refractivity contribution in [3.05, 3.63) is 15.6 Å². The molecular formula is C12H15F3N2O3S. The zero-order valence-electron chi connectivity index (χ0n) is 11.2. The normalized spacial score (nSPS) is 17.4. The number of aryl methyl sites for hydroxylation is 1. The lowest BCUT2D eigenvalue weighted by molar-refractivity contribution is -0.192. The van der Waals surface area contributed by atoms with E-state index < -0.39 is 12.1 Å². The number of carboxylic acids is 1. The summed E-state index contributed by atoms with van der Waals surface area (Å²) < 4.78 is 31.7. The number of nitrogens with two attached hydrogens (primary N) is 1. The van der Waals surface area contributed by atoms with Crippen LogP contribution in [0.3, 0.4) is 0 Å². The summed E-state index contributed by atoms with van der Waals surface area (Å²) in [4.78, 5) is 25.5. The molecule has 0 aromatic carbocycles. The first-order chi connectivity index (χ1) is 9.66. The number of carbonyl (C=O) groups excluding carboxylic acids is 1. The van der Waals surface area contributed by atoms with Gasteiger partial charge in [-0.25, -0.2) is 9.78 Å². The lowest BCUT2D eigenvalue weighted by atomic mass is 9.90. The third kappa shape index (κ3) is 4.69. The zero-order valence-corrected chi connectivity index (χ0v) is 12.1. The van der Waals surface area contributed by atoms with Crippen LogP contribution in [0.4, 0.5) is 13.2 Å². The van der Waals surface area contributed by atoms with Gasteiger partial charge < -0.3 is 10.8 Å². The molecule has 1 aromatic rings. The standard InChI is InChI=1S/C10H14N2OS.C2HF3O2/c1-2-6-4-3-5-7-8(6)14-10(12-7)9(11)13;3-2(4,5)1(6)7/h6H,2-5H2,1H3,(H2,11,13);(H,6,7). The molecule has 1 heterocycles. The Kier molecular flexibility index (Phi) is 5.70. The summed E-state index contributed by atoms with van der Waals surface area (Å²) >= 11 is 1.49. The Hall–Kier alpha value is -1.64. The van der Waals surface area contributed by atoms with Crippen LogP contribution in [0.25, 0.3) is 0 Å². The Morgan fingerprint density at radius 1 is 1.48 bits per heavy atom. The molecule has 1 unspecified atom stereocenters. The highest BCUT2D eigenvalue weighted by molar-refractivity contribution is 7.13. The minimum absolute atomic E-state index is 0.390. The Balaban J connectivity index is 0.000000270. The van der Waals surface area contributed by atoms with Gasteiger partial charge in [0.1, 0.15) is 0 Å². The van der Waals surface area contributed by atoms with Gasteiger partial charge in [0.25, 0.3) is 5.91 Å². The monoisotopic (exact) mass is 324 g/mol. The molecule has 0 spiro atoms. The quantitative estimate of drug-likeness (QED) is 0.874. The van der Waals surface area contributed by atoms with E-state index in [0.29, 0.717) is 10.9 Å². The molecule has 0 bridgehead atoms. The maximum Gasteiger partial charge on any atom is 0.490 e.